The van der Waals surface area contributed by atoms with E-state index in [0.717, 1.165) is 17.2 Å². The monoisotopic (exact) mass is 368 g/mol. The summed E-state index contributed by atoms with van der Waals surface area (Å²) in [6.45, 7) is 0. The molecule has 6 nitrogen and oxygen atoms in total. The van der Waals surface area contributed by atoms with Crippen molar-refractivity contribution >= 4 is 22.9 Å². The molecule has 8 heteroatoms. The fraction of sp³-hybridized carbons (Fsp3) is 0. The molecule has 4 rings (SSSR count). The number of benzene rings is 2. The Labute approximate surface area is 151 Å². The number of nitrogens with zero attached hydrogens (tertiary/aromatic N) is 4. The van der Waals surface area contributed by atoms with Crippen molar-refractivity contribution in [2.75, 3.05) is 0 Å². The van der Waals surface area contributed by atoms with Crippen molar-refractivity contribution in [1.82, 2.24) is 14.6 Å². The van der Waals surface area contributed by atoms with E-state index in [2.05, 4.69) is 10.1 Å². The van der Waals surface area contributed by atoms with Gasteiger partial charge in [0.25, 0.3) is 0 Å². The molecule has 0 atom stereocenters. The first-order valence-electron chi connectivity index (χ1n) is 7.57. The maximum absolute atomic E-state index is 13.6. The van der Waals surface area contributed by atoms with Crippen molar-refractivity contribution in [3.8, 4) is 22.4 Å². The highest BCUT2D eigenvalue weighted by atomic mass is 35.5. The van der Waals surface area contributed by atoms with Gasteiger partial charge in [0.1, 0.15) is 0 Å². The van der Waals surface area contributed by atoms with Gasteiger partial charge in [0, 0.05) is 28.4 Å². The Morgan fingerprint density at radius 3 is 2.73 bits per heavy atom. The van der Waals surface area contributed by atoms with Crippen LogP contribution in [0.4, 0.5) is 10.1 Å². The van der Waals surface area contributed by atoms with E-state index >= 15 is 0 Å². The molecule has 0 saturated heterocycles. The summed E-state index contributed by atoms with van der Waals surface area (Å²) in [5.41, 5.74) is 2.62. The van der Waals surface area contributed by atoms with Crippen molar-refractivity contribution in [1.29, 1.82) is 0 Å². The van der Waals surface area contributed by atoms with Crippen LogP contribution < -0.4 is 0 Å². The third-order valence-corrected chi connectivity index (χ3v) is 4.21. The Balaban J connectivity index is 1.91. The molecule has 0 aliphatic heterocycles. The van der Waals surface area contributed by atoms with E-state index in [1.807, 2.05) is 12.1 Å². The molecule has 0 aliphatic carbocycles. The smallest absolute Gasteiger partial charge is 0.258 e. The van der Waals surface area contributed by atoms with Gasteiger partial charge in [0.05, 0.1) is 16.8 Å². The van der Waals surface area contributed by atoms with Crippen LogP contribution in [0.15, 0.2) is 60.9 Å². The van der Waals surface area contributed by atoms with E-state index in [1.165, 1.54) is 12.1 Å². The minimum Gasteiger partial charge on any atom is -0.258 e. The van der Waals surface area contributed by atoms with Crippen LogP contribution >= 0.6 is 11.6 Å². The molecule has 2 aromatic carbocycles. The summed E-state index contributed by atoms with van der Waals surface area (Å²) in [4.78, 5) is 14.6. The Kier molecular flexibility index (Phi) is 3.85. The Hall–Kier alpha value is -3.32. The molecule has 0 unspecified atom stereocenters. The molecule has 2 heterocycles. The van der Waals surface area contributed by atoms with E-state index in [9.17, 15) is 14.5 Å². The van der Waals surface area contributed by atoms with Gasteiger partial charge in [-0.1, -0.05) is 23.7 Å². The van der Waals surface area contributed by atoms with Crippen LogP contribution in [0.5, 0.6) is 0 Å². The number of nitro groups is 1. The SMILES string of the molecule is O=[N+]([O-])c1cc(-c2ccnc3c(-c4cccc(Cl)c4)cnn23)ccc1F. The molecule has 0 saturated carbocycles. The highest BCUT2D eigenvalue weighted by Crippen LogP contribution is 2.30. The third kappa shape index (κ3) is 2.68. The maximum atomic E-state index is 13.6. The normalized spacial score (nSPS) is 11.0. The van der Waals surface area contributed by atoms with Gasteiger partial charge < -0.3 is 0 Å². The van der Waals surface area contributed by atoms with E-state index in [0.29, 0.717) is 21.9 Å². The van der Waals surface area contributed by atoms with Gasteiger partial charge in [-0.2, -0.15) is 9.49 Å². The second kappa shape index (κ2) is 6.20. The summed E-state index contributed by atoms with van der Waals surface area (Å²) >= 11 is 6.06. The average Bonchev–Trinajstić information content (AvgIpc) is 3.06. The van der Waals surface area contributed by atoms with Gasteiger partial charge in [-0.3, -0.25) is 10.1 Å². The first-order valence-corrected chi connectivity index (χ1v) is 7.95. The predicted molar refractivity (Wildman–Crippen MR) is 95.5 cm³/mol. The lowest BCUT2D eigenvalue weighted by Gasteiger charge is -2.06. The van der Waals surface area contributed by atoms with Gasteiger partial charge in [-0.15, -0.1) is 0 Å². The number of aromatic nitrogens is 3. The lowest BCUT2D eigenvalue weighted by atomic mass is 10.1. The van der Waals surface area contributed by atoms with Gasteiger partial charge >= 0.3 is 5.69 Å². The molecule has 0 aliphatic rings. The largest absolute Gasteiger partial charge is 0.305 e. The Bertz CT molecular complexity index is 1160. The Morgan fingerprint density at radius 1 is 1.12 bits per heavy atom. The zero-order valence-corrected chi connectivity index (χ0v) is 13.9. The summed E-state index contributed by atoms with van der Waals surface area (Å²) in [7, 11) is 0. The molecule has 4 aromatic rings. The molecular formula is C18H10ClFN4O2. The van der Waals surface area contributed by atoms with Crippen LogP contribution in [0, 0.1) is 15.9 Å². The molecule has 0 radical (unpaired) electrons. The van der Waals surface area contributed by atoms with Crippen LogP contribution in [0.1, 0.15) is 0 Å². The third-order valence-electron chi connectivity index (χ3n) is 3.98. The minimum absolute atomic E-state index is 0.464. The molecule has 26 heavy (non-hydrogen) atoms. The fourth-order valence-electron chi connectivity index (χ4n) is 2.78. The number of rotatable bonds is 3. The molecule has 128 valence electrons. The fourth-order valence-corrected chi connectivity index (χ4v) is 2.97. The Morgan fingerprint density at radius 2 is 1.96 bits per heavy atom. The summed E-state index contributed by atoms with van der Waals surface area (Å²) in [5.74, 6) is -0.885. The minimum atomic E-state index is -0.885. The quantitative estimate of drug-likeness (QED) is 0.386. The standard InChI is InChI=1S/C18H10ClFN4O2/c19-13-3-1-2-11(8-13)14-10-22-23-16(6-7-21-18(14)23)12-4-5-15(20)17(9-12)24(25)26/h1-10H. The summed E-state index contributed by atoms with van der Waals surface area (Å²) < 4.78 is 15.2. The van der Waals surface area contributed by atoms with Crippen LogP contribution in [0.3, 0.4) is 0 Å². The highest BCUT2D eigenvalue weighted by molar-refractivity contribution is 6.30. The summed E-state index contributed by atoms with van der Waals surface area (Å²) in [6, 6.07) is 12.7. The number of hydrogen-bond donors (Lipinski definition) is 0. The van der Waals surface area contributed by atoms with Crippen LogP contribution in [0.2, 0.25) is 5.02 Å². The van der Waals surface area contributed by atoms with Crippen molar-refractivity contribution in [3.63, 3.8) is 0 Å². The summed E-state index contributed by atoms with van der Waals surface area (Å²) in [5, 5.41) is 15.9. The first kappa shape index (κ1) is 16.2. The highest BCUT2D eigenvalue weighted by Gasteiger charge is 2.17. The number of nitro benzene ring substituents is 1. The molecule has 2 aromatic heterocycles. The van der Waals surface area contributed by atoms with Crippen molar-refractivity contribution in [2.45, 2.75) is 0 Å². The van der Waals surface area contributed by atoms with E-state index in [-0.39, 0.29) is 0 Å². The van der Waals surface area contributed by atoms with Crippen molar-refractivity contribution in [3.05, 3.63) is 81.9 Å². The second-order valence-corrected chi connectivity index (χ2v) is 5.99. The maximum Gasteiger partial charge on any atom is 0.305 e. The topological polar surface area (TPSA) is 73.3 Å². The van der Waals surface area contributed by atoms with Gasteiger partial charge in [0.15, 0.2) is 5.65 Å². The molecule has 0 N–H and O–H groups in total. The number of hydrogen-bond acceptors (Lipinski definition) is 4. The number of halogens is 2. The molecule has 0 amide bonds. The lowest BCUT2D eigenvalue weighted by Crippen LogP contribution is -1.98. The van der Waals surface area contributed by atoms with Gasteiger partial charge in [-0.05, 0) is 35.9 Å². The number of fused-ring (bicyclic) bond motifs is 1. The second-order valence-electron chi connectivity index (χ2n) is 5.56. The molecule has 0 fully saturated rings. The van der Waals surface area contributed by atoms with Crippen LogP contribution in [-0.2, 0) is 0 Å². The van der Waals surface area contributed by atoms with Crippen LogP contribution in [-0.4, -0.2) is 19.5 Å². The molecular weight excluding hydrogens is 359 g/mol. The molecule has 0 spiro atoms. The first-order chi connectivity index (χ1) is 12.5. The van der Waals surface area contributed by atoms with E-state index in [4.69, 9.17) is 11.6 Å². The predicted octanol–water partition coefficient (Wildman–Crippen LogP) is 4.76. The average molecular weight is 369 g/mol. The van der Waals surface area contributed by atoms with Gasteiger partial charge in [0.2, 0.25) is 5.82 Å². The summed E-state index contributed by atoms with van der Waals surface area (Å²) in [6.07, 6.45) is 3.23. The lowest BCUT2D eigenvalue weighted by molar-refractivity contribution is -0.387. The zero-order valence-electron chi connectivity index (χ0n) is 13.1. The van der Waals surface area contributed by atoms with Crippen molar-refractivity contribution < 1.29 is 9.31 Å². The van der Waals surface area contributed by atoms with Crippen LogP contribution in [0.25, 0.3) is 28.0 Å². The van der Waals surface area contributed by atoms with E-state index < -0.39 is 16.4 Å². The van der Waals surface area contributed by atoms with E-state index in [1.54, 1.807) is 35.1 Å². The van der Waals surface area contributed by atoms with Gasteiger partial charge in [-0.25, -0.2) is 9.50 Å². The zero-order chi connectivity index (χ0) is 18.3. The van der Waals surface area contributed by atoms with Crippen molar-refractivity contribution in [2.24, 2.45) is 0 Å². The molecule has 0 bridgehead atoms.